The second kappa shape index (κ2) is 8.64. The number of hydrogen-bond acceptors (Lipinski definition) is 4. The Kier molecular flexibility index (Phi) is 6.77. The number of hydrogen-bond donors (Lipinski definition) is 0. The number of amides is 2. The predicted octanol–water partition coefficient (Wildman–Crippen LogP) is 1.41. The Morgan fingerprint density at radius 2 is 1.50 bits per heavy atom. The molecule has 0 unspecified atom stereocenters. The fraction of sp³-hybridized carbons (Fsp3) is 0.556. The molecule has 0 aromatic heterocycles. The number of carbonyl (C=O) groups is 2. The largest absolute Gasteiger partial charge is 0.347 e. The fourth-order valence-electron chi connectivity index (χ4n) is 2.84. The summed E-state index contributed by atoms with van der Waals surface area (Å²) in [5.74, 6) is -0.500. The van der Waals surface area contributed by atoms with E-state index in [1.54, 1.807) is 21.1 Å². The van der Waals surface area contributed by atoms with Crippen molar-refractivity contribution >= 4 is 21.8 Å². The molecule has 1 saturated heterocycles. The molecule has 0 spiro atoms. The van der Waals surface area contributed by atoms with Crippen LogP contribution in [0.5, 0.6) is 0 Å². The third-order valence-electron chi connectivity index (χ3n) is 4.52. The van der Waals surface area contributed by atoms with Gasteiger partial charge in [-0.15, -0.1) is 0 Å². The Balaban J connectivity index is 2.11. The summed E-state index contributed by atoms with van der Waals surface area (Å²) in [5.41, 5.74) is 0.355. The van der Waals surface area contributed by atoms with Gasteiger partial charge in [-0.1, -0.05) is 12.8 Å². The zero-order valence-corrected chi connectivity index (χ0v) is 16.5. The molecule has 7 nitrogen and oxygen atoms in total. The van der Waals surface area contributed by atoms with Gasteiger partial charge in [-0.25, -0.2) is 8.42 Å². The van der Waals surface area contributed by atoms with Crippen LogP contribution in [0.2, 0.25) is 0 Å². The van der Waals surface area contributed by atoms with E-state index in [1.165, 1.54) is 38.4 Å². The first-order chi connectivity index (χ1) is 12.2. The van der Waals surface area contributed by atoms with Crippen molar-refractivity contribution in [3.8, 4) is 0 Å². The van der Waals surface area contributed by atoms with Crippen LogP contribution in [-0.2, 0) is 14.8 Å². The predicted molar refractivity (Wildman–Crippen MR) is 99.3 cm³/mol. The Bertz CT molecular complexity index is 736. The lowest BCUT2D eigenvalue weighted by Crippen LogP contribution is -2.37. The number of carbonyl (C=O) groups excluding carboxylic acids is 2. The Hall–Kier alpha value is -1.93. The molecule has 0 bridgehead atoms. The maximum atomic E-state index is 12.8. The van der Waals surface area contributed by atoms with Crippen LogP contribution in [0, 0.1) is 0 Å². The molecule has 1 aliphatic heterocycles. The monoisotopic (exact) mass is 381 g/mol. The Morgan fingerprint density at radius 3 is 2.00 bits per heavy atom. The second-order valence-electron chi connectivity index (χ2n) is 6.79. The van der Waals surface area contributed by atoms with Gasteiger partial charge < -0.3 is 9.80 Å². The van der Waals surface area contributed by atoms with Crippen LogP contribution in [0.15, 0.2) is 29.2 Å². The SMILES string of the molecule is CN(C)C(=O)CN(C)C(=O)c1ccc(S(=O)(=O)N2CCCCCC2)cc1. The van der Waals surface area contributed by atoms with Gasteiger partial charge in [0.15, 0.2) is 0 Å². The first kappa shape index (κ1) is 20.4. The molecule has 8 heteroatoms. The van der Waals surface area contributed by atoms with E-state index < -0.39 is 10.0 Å². The number of likely N-dealkylation sites (N-methyl/N-ethyl adjacent to an activating group) is 2. The summed E-state index contributed by atoms with van der Waals surface area (Å²) < 4.78 is 27.0. The van der Waals surface area contributed by atoms with E-state index >= 15 is 0 Å². The van der Waals surface area contributed by atoms with Crippen LogP contribution in [0.1, 0.15) is 36.0 Å². The maximum absolute atomic E-state index is 12.8. The van der Waals surface area contributed by atoms with Crippen LogP contribution in [0.3, 0.4) is 0 Å². The molecule has 0 radical (unpaired) electrons. The van der Waals surface area contributed by atoms with Gasteiger partial charge in [0.2, 0.25) is 15.9 Å². The molecule has 1 aromatic rings. The first-order valence-corrected chi connectivity index (χ1v) is 10.2. The molecular formula is C18H27N3O4S. The van der Waals surface area contributed by atoms with E-state index in [2.05, 4.69) is 0 Å². The molecule has 0 atom stereocenters. The minimum absolute atomic E-state index is 0.0281. The average Bonchev–Trinajstić information content (AvgIpc) is 2.91. The lowest BCUT2D eigenvalue weighted by atomic mass is 10.2. The lowest BCUT2D eigenvalue weighted by Gasteiger charge is -2.21. The third kappa shape index (κ3) is 4.82. The summed E-state index contributed by atoms with van der Waals surface area (Å²) >= 11 is 0. The number of rotatable bonds is 5. The highest BCUT2D eigenvalue weighted by atomic mass is 32.2. The van der Waals surface area contributed by atoms with Crippen LogP contribution in [0.4, 0.5) is 0 Å². The van der Waals surface area contributed by atoms with Gasteiger partial charge in [-0.3, -0.25) is 9.59 Å². The van der Waals surface area contributed by atoms with Crippen LogP contribution >= 0.6 is 0 Å². The summed E-state index contributed by atoms with van der Waals surface area (Å²) in [6.07, 6.45) is 3.86. The molecule has 2 rings (SSSR count). The molecule has 1 heterocycles. The van der Waals surface area contributed by atoms with Crippen molar-refractivity contribution < 1.29 is 18.0 Å². The summed E-state index contributed by atoms with van der Waals surface area (Å²) in [7, 11) is 1.27. The van der Waals surface area contributed by atoms with Gasteiger partial charge in [-0.05, 0) is 37.1 Å². The van der Waals surface area contributed by atoms with Gasteiger partial charge >= 0.3 is 0 Å². The van der Waals surface area contributed by atoms with Crippen molar-refractivity contribution in [2.45, 2.75) is 30.6 Å². The maximum Gasteiger partial charge on any atom is 0.254 e. The zero-order chi connectivity index (χ0) is 19.3. The molecule has 2 amide bonds. The highest BCUT2D eigenvalue weighted by molar-refractivity contribution is 7.89. The zero-order valence-electron chi connectivity index (χ0n) is 15.6. The van der Waals surface area contributed by atoms with Gasteiger partial charge in [-0.2, -0.15) is 4.31 Å². The molecule has 0 aliphatic carbocycles. The highest BCUT2D eigenvalue weighted by Gasteiger charge is 2.25. The van der Waals surface area contributed by atoms with Crippen molar-refractivity contribution in [2.24, 2.45) is 0 Å². The molecule has 26 heavy (non-hydrogen) atoms. The third-order valence-corrected chi connectivity index (χ3v) is 6.43. The fourth-order valence-corrected chi connectivity index (χ4v) is 4.35. The van der Waals surface area contributed by atoms with E-state index in [1.807, 2.05) is 0 Å². The minimum atomic E-state index is -3.53. The van der Waals surface area contributed by atoms with E-state index in [9.17, 15) is 18.0 Å². The van der Waals surface area contributed by atoms with Crippen LogP contribution < -0.4 is 0 Å². The van der Waals surface area contributed by atoms with E-state index in [-0.39, 0.29) is 23.3 Å². The molecule has 1 aromatic carbocycles. The van der Waals surface area contributed by atoms with E-state index in [0.717, 1.165) is 25.7 Å². The number of sulfonamides is 1. The first-order valence-electron chi connectivity index (χ1n) is 8.79. The van der Waals surface area contributed by atoms with Gasteiger partial charge in [0.25, 0.3) is 5.91 Å². The van der Waals surface area contributed by atoms with Gasteiger partial charge in [0, 0.05) is 39.8 Å². The standard InChI is InChI=1S/C18H27N3O4S/c1-19(2)17(22)14-20(3)18(23)15-8-10-16(11-9-15)26(24,25)21-12-6-4-5-7-13-21/h8-11H,4-7,12-14H2,1-3H3. The summed E-state index contributed by atoms with van der Waals surface area (Å²) in [6.45, 7) is 1.05. The van der Waals surface area contributed by atoms with Crippen LogP contribution in [0.25, 0.3) is 0 Å². The molecule has 144 valence electrons. The van der Waals surface area contributed by atoms with Crippen LogP contribution in [-0.4, -0.2) is 75.1 Å². The van der Waals surface area contributed by atoms with Crippen molar-refractivity contribution in [3.05, 3.63) is 29.8 Å². The highest BCUT2D eigenvalue weighted by Crippen LogP contribution is 2.21. The Morgan fingerprint density at radius 1 is 0.962 bits per heavy atom. The topological polar surface area (TPSA) is 78.0 Å². The smallest absolute Gasteiger partial charge is 0.254 e. The van der Waals surface area contributed by atoms with Crippen molar-refractivity contribution in [3.63, 3.8) is 0 Å². The quantitative estimate of drug-likeness (QED) is 0.773. The van der Waals surface area contributed by atoms with Gasteiger partial charge in [0.1, 0.15) is 0 Å². The van der Waals surface area contributed by atoms with Crippen molar-refractivity contribution in [2.75, 3.05) is 40.8 Å². The van der Waals surface area contributed by atoms with Crippen molar-refractivity contribution in [1.29, 1.82) is 0 Å². The van der Waals surface area contributed by atoms with Gasteiger partial charge in [0.05, 0.1) is 11.4 Å². The van der Waals surface area contributed by atoms with Crippen molar-refractivity contribution in [1.82, 2.24) is 14.1 Å². The molecule has 0 N–H and O–H groups in total. The number of benzene rings is 1. The Labute approximate surface area is 155 Å². The normalized spacial score (nSPS) is 16.0. The summed E-state index contributed by atoms with van der Waals surface area (Å²) in [5, 5.41) is 0. The molecule has 0 saturated carbocycles. The summed E-state index contributed by atoms with van der Waals surface area (Å²) in [6, 6.07) is 5.94. The lowest BCUT2D eigenvalue weighted by molar-refractivity contribution is -0.129. The van der Waals surface area contributed by atoms with E-state index in [4.69, 9.17) is 0 Å². The van der Waals surface area contributed by atoms with E-state index in [0.29, 0.717) is 18.7 Å². The second-order valence-corrected chi connectivity index (χ2v) is 8.73. The minimum Gasteiger partial charge on any atom is -0.347 e. The summed E-state index contributed by atoms with van der Waals surface area (Å²) in [4.78, 5) is 27.1. The molecule has 1 fully saturated rings. The molecular weight excluding hydrogens is 354 g/mol. The number of nitrogens with zero attached hydrogens (tertiary/aromatic N) is 3. The average molecular weight is 381 g/mol. The molecule has 1 aliphatic rings.